The van der Waals surface area contributed by atoms with Gasteiger partial charge in [0.2, 0.25) is 0 Å². The average Bonchev–Trinajstić information content (AvgIpc) is 2.36. The van der Waals surface area contributed by atoms with E-state index in [0.29, 0.717) is 17.2 Å². The van der Waals surface area contributed by atoms with E-state index in [9.17, 15) is 4.21 Å². The maximum atomic E-state index is 12.3. The third kappa shape index (κ3) is 5.52. The summed E-state index contributed by atoms with van der Waals surface area (Å²) in [4.78, 5) is 0. The van der Waals surface area contributed by atoms with Crippen LogP contribution >= 0.6 is 0 Å². The van der Waals surface area contributed by atoms with Gasteiger partial charge in [-0.05, 0) is 38.1 Å². The van der Waals surface area contributed by atoms with Gasteiger partial charge >= 0.3 is 0 Å². The molecule has 102 valence electrons. The summed E-state index contributed by atoms with van der Waals surface area (Å²) in [5.74, 6) is 1.52. The average molecular weight is 259 g/mol. The van der Waals surface area contributed by atoms with Crippen molar-refractivity contribution in [3.8, 4) is 0 Å². The van der Waals surface area contributed by atoms with Gasteiger partial charge in [0, 0.05) is 27.8 Å². The fourth-order valence-corrected chi connectivity index (χ4v) is 4.40. The van der Waals surface area contributed by atoms with E-state index in [1.165, 1.54) is 25.7 Å². The molecule has 1 aliphatic rings. The lowest BCUT2D eigenvalue weighted by atomic mass is 9.95. The Labute approximate surface area is 109 Å². The van der Waals surface area contributed by atoms with Crippen molar-refractivity contribution in [3.63, 3.8) is 0 Å². The van der Waals surface area contributed by atoms with Gasteiger partial charge in [0.15, 0.2) is 0 Å². The summed E-state index contributed by atoms with van der Waals surface area (Å²) in [5.41, 5.74) is 0. The molecule has 1 rings (SSSR count). The molecule has 0 radical (unpaired) electrons. The molecule has 0 aliphatic heterocycles. The molecule has 1 saturated carbocycles. The van der Waals surface area contributed by atoms with E-state index in [4.69, 9.17) is 0 Å². The zero-order valence-electron chi connectivity index (χ0n) is 11.7. The maximum Gasteiger partial charge on any atom is 0.0362 e. The van der Waals surface area contributed by atoms with Crippen LogP contribution in [0.1, 0.15) is 59.3 Å². The molecule has 1 N–H and O–H groups in total. The monoisotopic (exact) mass is 259 g/mol. The minimum Gasteiger partial charge on any atom is -0.314 e. The van der Waals surface area contributed by atoms with Gasteiger partial charge in [0.25, 0.3) is 0 Å². The Morgan fingerprint density at radius 3 is 2.76 bits per heavy atom. The largest absolute Gasteiger partial charge is 0.314 e. The van der Waals surface area contributed by atoms with Crippen LogP contribution in [-0.4, -0.2) is 27.8 Å². The van der Waals surface area contributed by atoms with E-state index in [-0.39, 0.29) is 0 Å². The summed E-state index contributed by atoms with van der Waals surface area (Å²) < 4.78 is 12.3. The van der Waals surface area contributed by atoms with Crippen LogP contribution < -0.4 is 5.32 Å². The number of nitrogens with one attached hydrogen (secondary N) is 1. The van der Waals surface area contributed by atoms with Crippen LogP contribution in [0.3, 0.4) is 0 Å². The van der Waals surface area contributed by atoms with Gasteiger partial charge < -0.3 is 5.32 Å². The van der Waals surface area contributed by atoms with E-state index >= 15 is 0 Å². The molecule has 0 aromatic carbocycles. The predicted octanol–water partition coefficient (Wildman–Crippen LogP) is 3.09. The molecule has 1 aliphatic carbocycles. The topological polar surface area (TPSA) is 29.1 Å². The van der Waals surface area contributed by atoms with E-state index in [1.807, 2.05) is 0 Å². The third-order valence-corrected chi connectivity index (χ3v) is 5.90. The Kier molecular flexibility index (Phi) is 7.36. The Morgan fingerprint density at radius 1 is 1.35 bits per heavy atom. The molecule has 0 heterocycles. The van der Waals surface area contributed by atoms with Crippen molar-refractivity contribution in [2.75, 3.05) is 12.3 Å². The van der Waals surface area contributed by atoms with Gasteiger partial charge in [-0.1, -0.05) is 33.6 Å². The Balaban J connectivity index is 2.35. The minimum atomic E-state index is -0.603. The van der Waals surface area contributed by atoms with Crippen molar-refractivity contribution in [2.24, 2.45) is 5.92 Å². The maximum absolute atomic E-state index is 12.3. The normalized spacial score (nSPS) is 28.9. The first-order valence-corrected chi connectivity index (χ1v) is 8.66. The van der Waals surface area contributed by atoms with Crippen LogP contribution in [0.4, 0.5) is 0 Å². The minimum absolute atomic E-state index is 0.451. The van der Waals surface area contributed by atoms with Crippen molar-refractivity contribution in [1.82, 2.24) is 5.32 Å². The summed E-state index contributed by atoms with van der Waals surface area (Å²) in [6.45, 7) is 7.71. The van der Waals surface area contributed by atoms with Gasteiger partial charge in [-0.15, -0.1) is 0 Å². The van der Waals surface area contributed by atoms with Crippen molar-refractivity contribution in [3.05, 3.63) is 0 Å². The molecule has 0 saturated heterocycles. The smallest absolute Gasteiger partial charge is 0.0362 e. The summed E-state index contributed by atoms with van der Waals surface area (Å²) in [5, 5.41) is 4.04. The first-order valence-electron chi connectivity index (χ1n) is 7.27. The third-order valence-electron chi connectivity index (χ3n) is 3.83. The van der Waals surface area contributed by atoms with Gasteiger partial charge in [-0.3, -0.25) is 4.21 Å². The molecule has 0 aromatic heterocycles. The molecule has 0 amide bonds. The highest BCUT2D eigenvalue weighted by atomic mass is 32.2. The zero-order valence-corrected chi connectivity index (χ0v) is 12.5. The molecule has 1 fully saturated rings. The molecule has 0 bridgehead atoms. The molecule has 2 nitrogen and oxygen atoms in total. The van der Waals surface area contributed by atoms with E-state index in [2.05, 4.69) is 26.1 Å². The van der Waals surface area contributed by atoms with Gasteiger partial charge in [0.05, 0.1) is 0 Å². The van der Waals surface area contributed by atoms with E-state index in [1.54, 1.807) is 0 Å². The van der Waals surface area contributed by atoms with E-state index in [0.717, 1.165) is 25.1 Å². The standard InChI is InChI=1S/C14H29NOS/c1-4-9-15-13-7-6-8-14(10-13)17(16)11-12(3)5-2/h12-15H,4-11H2,1-3H3. The molecular formula is C14H29NOS. The summed E-state index contributed by atoms with van der Waals surface area (Å²) in [6, 6.07) is 0.620. The number of hydrogen-bond donors (Lipinski definition) is 1. The second-order valence-corrected chi connectivity index (χ2v) is 7.26. The lowest BCUT2D eigenvalue weighted by Crippen LogP contribution is -2.38. The molecular weight excluding hydrogens is 230 g/mol. The molecule has 0 spiro atoms. The highest BCUT2D eigenvalue weighted by Crippen LogP contribution is 2.24. The zero-order chi connectivity index (χ0) is 12.7. The number of rotatable bonds is 7. The lowest BCUT2D eigenvalue weighted by Gasteiger charge is -2.30. The van der Waals surface area contributed by atoms with Crippen LogP contribution in [0.15, 0.2) is 0 Å². The molecule has 3 heteroatoms. The first-order chi connectivity index (χ1) is 8.17. The van der Waals surface area contributed by atoms with Crippen LogP contribution in [-0.2, 0) is 10.8 Å². The summed E-state index contributed by atoms with van der Waals surface area (Å²) in [7, 11) is -0.603. The van der Waals surface area contributed by atoms with Crippen LogP contribution in [0.5, 0.6) is 0 Å². The molecule has 4 unspecified atom stereocenters. The van der Waals surface area contributed by atoms with Crippen LogP contribution in [0, 0.1) is 5.92 Å². The van der Waals surface area contributed by atoms with E-state index < -0.39 is 10.8 Å². The molecule has 4 atom stereocenters. The SMILES string of the molecule is CCCNC1CCCC(S(=O)CC(C)CC)C1. The van der Waals surface area contributed by atoms with Gasteiger partial charge in [-0.2, -0.15) is 0 Å². The highest BCUT2D eigenvalue weighted by Gasteiger charge is 2.26. The first kappa shape index (κ1) is 15.2. The van der Waals surface area contributed by atoms with Crippen molar-refractivity contribution in [2.45, 2.75) is 70.6 Å². The fraction of sp³-hybridized carbons (Fsp3) is 1.00. The van der Waals surface area contributed by atoms with Gasteiger partial charge in [0.1, 0.15) is 0 Å². The summed E-state index contributed by atoms with van der Waals surface area (Å²) >= 11 is 0. The molecule has 0 aromatic rings. The van der Waals surface area contributed by atoms with Crippen molar-refractivity contribution in [1.29, 1.82) is 0 Å². The van der Waals surface area contributed by atoms with Gasteiger partial charge in [-0.25, -0.2) is 0 Å². The molecule has 17 heavy (non-hydrogen) atoms. The van der Waals surface area contributed by atoms with Crippen molar-refractivity contribution < 1.29 is 4.21 Å². The van der Waals surface area contributed by atoms with Crippen LogP contribution in [0.2, 0.25) is 0 Å². The Hall–Kier alpha value is 0.110. The predicted molar refractivity (Wildman–Crippen MR) is 76.8 cm³/mol. The quantitative estimate of drug-likeness (QED) is 0.761. The fourth-order valence-electron chi connectivity index (χ4n) is 2.45. The highest BCUT2D eigenvalue weighted by molar-refractivity contribution is 7.85. The summed E-state index contributed by atoms with van der Waals surface area (Å²) in [6.07, 6.45) is 7.17. The second-order valence-electron chi connectivity index (χ2n) is 5.50. The second kappa shape index (κ2) is 8.25. The number of hydrogen-bond acceptors (Lipinski definition) is 2. The van der Waals surface area contributed by atoms with Crippen LogP contribution in [0.25, 0.3) is 0 Å². The Bertz CT molecular complexity index is 232. The lowest BCUT2D eigenvalue weighted by molar-refractivity contribution is 0.377. The van der Waals surface area contributed by atoms with Crippen molar-refractivity contribution >= 4 is 10.8 Å². The Morgan fingerprint density at radius 2 is 2.12 bits per heavy atom.